The Morgan fingerprint density at radius 2 is 1.58 bits per heavy atom. The second-order valence-corrected chi connectivity index (χ2v) is 7.25. The Hall–Kier alpha value is -1.35. The summed E-state index contributed by atoms with van der Waals surface area (Å²) in [5, 5.41) is 3.15. The largest absolute Gasteiger partial charge is 0.321 e. The number of benzene rings is 1. The molecule has 1 aliphatic heterocycles. The number of piperidine rings is 1. The van der Waals surface area contributed by atoms with Crippen LogP contribution in [0.15, 0.2) is 18.2 Å². The predicted molar refractivity (Wildman–Crippen MR) is 104 cm³/mol. The lowest BCUT2D eigenvalue weighted by atomic mass is 10.1. The maximum absolute atomic E-state index is 12.5. The molecule has 0 atom stereocenters. The topological polar surface area (TPSA) is 29.1 Å². The zero-order valence-corrected chi connectivity index (χ0v) is 16.5. The van der Waals surface area contributed by atoms with Gasteiger partial charge in [0, 0.05) is 5.69 Å². The summed E-state index contributed by atoms with van der Waals surface area (Å²) in [6.07, 6.45) is 6.24. The van der Waals surface area contributed by atoms with E-state index in [-0.39, 0.29) is 5.91 Å². The molecule has 0 aromatic heterocycles. The predicted octanol–water partition coefficient (Wildman–Crippen LogP) is 5.07. The molecular formula is C21H37N2O+. The number of nitrogens with zero attached hydrogens (tertiary/aromatic N) is 1. The molecule has 1 heterocycles. The van der Waals surface area contributed by atoms with E-state index in [1.807, 2.05) is 6.07 Å². The fourth-order valence-corrected chi connectivity index (χ4v) is 3.61. The smallest absolute Gasteiger partial charge is 0.279 e. The average Bonchev–Trinajstić information content (AvgIpc) is 2.53. The molecule has 1 amide bonds. The molecule has 0 aliphatic carbocycles. The first kappa shape index (κ1) is 20.7. The second-order valence-electron chi connectivity index (χ2n) is 7.25. The Morgan fingerprint density at radius 3 is 2.08 bits per heavy atom. The van der Waals surface area contributed by atoms with Crippen LogP contribution in [0.5, 0.6) is 0 Å². The Labute approximate surface area is 149 Å². The van der Waals surface area contributed by atoms with E-state index in [1.54, 1.807) is 0 Å². The van der Waals surface area contributed by atoms with Crippen LogP contribution in [0.3, 0.4) is 0 Å². The van der Waals surface area contributed by atoms with Gasteiger partial charge in [0.05, 0.1) is 19.6 Å². The molecule has 136 valence electrons. The van der Waals surface area contributed by atoms with Crippen LogP contribution in [0.1, 0.15) is 64.0 Å². The molecule has 3 heteroatoms. The van der Waals surface area contributed by atoms with Gasteiger partial charge in [-0.25, -0.2) is 0 Å². The highest BCUT2D eigenvalue weighted by Crippen LogP contribution is 2.22. The van der Waals surface area contributed by atoms with E-state index in [4.69, 9.17) is 0 Å². The number of amides is 1. The quantitative estimate of drug-likeness (QED) is 0.749. The fraction of sp³-hybridized carbons (Fsp3) is 0.667. The first-order valence-electron chi connectivity index (χ1n) is 9.69. The van der Waals surface area contributed by atoms with E-state index in [0.717, 1.165) is 47.4 Å². The minimum atomic E-state index is 0.169. The van der Waals surface area contributed by atoms with E-state index >= 15 is 0 Å². The third-order valence-electron chi connectivity index (χ3n) is 4.69. The van der Waals surface area contributed by atoms with Gasteiger partial charge in [0.25, 0.3) is 5.91 Å². The minimum absolute atomic E-state index is 0.169. The van der Waals surface area contributed by atoms with Crippen molar-refractivity contribution in [1.29, 1.82) is 0 Å². The maximum atomic E-state index is 12.5. The van der Waals surface area contributed by atoms with Crippen molar-refractivity contribution in [2.45, 2.75) is 66.7 Å². The highest BCUT2D eigenvalue weighted by molar-refractivity contribution is 5.93. The Balaban J connectivity index is 0.000000891. The van der Waals surface area contributed by atoms with Gasteiger partial charge in [-0.05, 0) is 50.7 Å². The lowest BCUT2D eigenvalue weighted by Gasteiger charge is -2.40. The number of nitrogens with one attached hydrogen (secondary N) is 1. The number of carbonyl (C=O) groups is 1. The summed E-state index contributed by atoms with van der Waals surface area (Å²) in [5.74, 6) is 0.169. The lowest BCUT2D eigenvalue weighted by Crippen LogP contribution is -2.55. The lowest BCUT2D eigenvalue weighted by molar-refractivity contribution is -0.925. The molecule has 2 rings (SSSR count). The maximum Gasteiger partial charge on any atom is 0.279 e. The Bertz CT molecular complexity index is 479. The van der Waals surface area contributed by atoms with E-state index in [1.165, 1.54) is 25.7 Å². The summed E-state index contributed by atoms with van der Waals surface area (Å²) in [6.45, 7) is 14.7. The molecule has 1 aliphatic rings. The molecule has 1 aromatic rings. The van der Waals surface area contributed by atoms with Gasteiger partial charge >= 0.3 is 0 Å². The van der Waals surface area contributed by atoms with Crippen molar-refractivity contribution in [3.63, 3.8) is 0 Å². The highest BCUT2D eigenvalue weighted by Gasteiger charge is 2.31. The van der Waals surface area contributed by atoms with Gasteiger partial charge in [-0.1, -0.05) is 45.4 Å². The second kappa shape index (κ2) is 10.5. The van der Waals surface area contributed by atoms with Crippen LogP contribution in [-0.2, 0) is 4.79 Å². The molecule has 0 spiro atoms. The SMILES string of the molecule is CCC.CCC[N+]1(CC(=O)Nc2c(C)cccc2C)CCCCC1. The Morgan fingerprint density at radius 1 is 1.04 bits per heavy atom. The number of aryl methyl sites for hydroxylation is 2. The van der Waals surface area contributed by atoms with Crippen molar-refractivity contribution in [2.24, 2.45) is 0 Å². The van der Waals surface area contributed by atoms with E-state index in [0.29, 0.717) is 6.54 Å². The van der Waals surface area contributed by atoms with Crippen molar-refractivity contribution in [3.8, 4) is 0 Å². The van der Waals surface area contributed by atoms with Crippen LogP contribution >= 0.6 is 0 Å². The minimum Gasteiger partial charge on any atom is -0.321 e. The van der Waals surface area contributed by atoms with Crippen molar-refractivity contribution in [2.75, 3.05) is 31.5 Å². The normalized spacial score (nSPS) is 16.0. The fourth-order valence-electron chi connectivity index (χ4n) is 3.61. The van der Waals surface area contributed by atoms with Crippen molar-refractivity contribution >= 4 is 11.6 Å². The van der Waals surface area contributed by atoms with Gasteiger partial charge in [-0.2, -0.15) is 0 Å². The summed E-state index contributed by atoms with van der Waals surface area (Å²) in [4.78, 5) is 12.5. The number of quaternary nitrogens is 1. The molecule has 24 heavy (non-hydrogen) atoms. The summed E-state index contributed by atoms with van der Waals surface area (Å²) in [7, 11) is 0. The van der Waals surface area contributed by atoms with Gasteiger partial charge in [-0.15, -0.1) is 0 Å². The number of rotatable bonds is 5. The first-order valence-corrected chi connectivity index (χ1v) is 9.69. The molecule has 0 saturated carbocycles. The molecule has 1 fully saturated rings. The van der Waals surface area contributed by atoms with Gasteiger partial charge in [-0.3, -0.25) is 4.79 Å². The average molecular weight is 334 g/mol. The van der Waals surface area contributed by atoms with Crippen molar-refractivity contribution in [3.05, 3.63) is 29.3 Å². The number of para-hydroxylation sites is 1. The summed E-state index contributed by atoms with van der Waals surface area (Å²) in [5.41, 5.74) is 3.28. The number of anilines is 1. The summed E-state index contributed by atoms with van der Waals surface area (Å²) < 4.78 is 0.979. The monoisotopic (exact) mass is 333 g/mol. The molecular weight excluding hydrogens is 296 g/mol. The van der Waals surface area contributed by atoms with Crippen molar-refractivity contribution < 1.29 is 9.28 Å². The van der Waals surface area contributed by atoms with E-state index in [9.17, 15) is 4.79 Å². The highest BCUT2D eigenvalue weighted by atomic mass is 16.2. The third-order valence-corrected chi connectivity index (χ3v) is 4.69. The molecule has 0 unspecified atom stereocenters. The molecule has 3 nitrogen and oxygen atoms in total. The molecule has 1 saturated heterocycles. The molecule has 1 N–H and O–H groups in total. The molecule has 0 bridgehead atoms. The Kier molecular flexibility index (Phi) is 9.05. The van der Waals surface area contributed by atoms with Crippen LogP contribution in [0, 0.1) is 13.8 Å². The van der Waals surface area contributed by atoms with Crippen LogP contribution in [0.4, 0.5) is 5.69 Å². The van der Waals surface area contributed by atoms with Crippen LogP contribution < -0.4 is 5.32 Å². The standard InChI is InChI=1S/C18H28N2O.C3H8/c1-4-11-20(12-6-5-7-13-20)14-17(21)19-18-15(2)9-8-10-16(18)3;1-3-2/h8-10H,4-7,11-14H2,1-3H3;3H2,1-2H3/p+1. The van der Waals surface area contributed by atoms with Gasteiger partial charge < -0.3 is 9.80 Å². The van der Waals surface area contributed by atoms with Crippen LogP contribution in [0.2, 0.25) is 0 Å². The number of likely N-dealkylation sites (tertiary alicyclic amines) is 1. The van der Waals surface area contributed by atoms with Gasteiger partial charge in [0.1, 0.15) is 0 Å². The number of hydrogen-bond acceptors (Lipinski definition) is 1. The van der Waals surface area contributed by atoms with Gasteiger partial charge in [0.2, 0.25) is 0 Å². The van der Waals surface area contributed by atoms with E-state index in [2.05, 4.69) is 52.1 Å². The zero-order chi connectivity index (χ0) is 18.0. The summed E-state index contributed by atoms with van der Waals surface area (Å²) >= 11 is 0. The molecule has 0 radical (unpaired) electrons. The van der Waals surface area contributed by atoms with E-state index < -0.39 is 0 Å². The third kappa shape index (κ3) is 6.27. The summed E-state index contributed by atoms with van der Waals surface area (Å²) in [6, 6.07) is 6.15. The zero-order valence-electron chi connectivity index (χ0n) is 16.5. The van der Waals surface area contributed by atoms with Crippen molar-refractivity contribution in [1.82, 2.24) is 0 Å². The van der Waals surface area contributed by atoms with Crippen LogP contribution in [-0.4, -0.2) is 36.6 Å². The molecule has 1 aromatic carbocycles. The van der Waals surface area contributed by atoms with Crippen LogP contribution in [0.25, 0.3) is 0 Å². The van der Waals surface area contributed by atoms with Gasteiger partial charge in [0.15, 0.2) is 6.54 Å². The number of hydrogen-bond donors (Lipinski definition) is 1. The number of carbonyl (C=O) groups excluding carboxylic acids is 1. The first-order chi connectivity index (χ1) is 11.5.